The van der Waals surface area contributed by atoms with Gasteiger partial charge in [0.25, 0.3) is 5.56 Å². The van der Waals surface area contributed by atoms with Crippen LogP contribution in [0.5, 0.6) is 0 Å². The summed E-state index contributed by atoms with van der Waals surface area (Å²) in [5, 5.41) is 20.7. The third-order valence-electron chi connectivity index (χ3n) is 14.9. The Morgan fingerprint density at radius 1 is 0.877 bits per heavy atom. The van der Waals surface area contributed by atoms with Crippen molar-refractivity contribution in [2.45, 2.75) is 149 Å². The van der Waals surface area contributed by atoms with Crippen molar-refractivity contribution in [3.8, 4) is 10.4 Å². The predicted octanol–water partition coefficient (Wildman–Crippen LogP) is 7.82. The fourth-order valence-corrected chi connectivity index (χ4v) is 11.5. The number of hydrogen-bond donors (Lipinski definition) is 4. The number of carbonyl (C=O) groups excluding carboxylic acids is 4. The van der Waals surface area contributed by atoms with Crippen molar-refractivity contribution in [2.75, 3.05) is 49.5 Å². The summed E-state index contributed by atoms with van der Waals surface area (Å²) in [5.74, 6) is -0.183. The normalized spacial score (nSPS) is 18.5. The van der Waals surface area contributed by atoms with Crippen molar-refractivity contribution in [2.24, 2.45) is 5.41 Å². The maximum atomic E-state index is 14.1. The van der Waals surface area contributed by atoms with E-state index in [9.17, 15) is 29.1 Å². The lowest BCUT2D eigenvalue weighted by Gasteiger charge is -2.36. The monoisotopic (exact) mass is 1020 g/mol. The number of pyridine rings is 2. The summed E-state index contributed by atoms with van der Waals surface area (Å²) < 4.78 is 1.72. The number of aliphatic hydroxyl groups excluding tert-OH is 1. The van der Waals surface area contributed by atoms with E-state index in [0.717, 1.165) is 111 Å². The van der Waals surface area contributed by atoms with E-state index in [0.29, 0.717) is 41.2 Å². The number of nitrogens with one attached hydrogen (secondary N) is 3. The maximum absolute atomic E-state index is 14.1. The summed E-state index contributed by atoms with van der Waals surface area (Å²) in [6.45, 7) is 17.6. The molecule has 0 radical (unpaired) electrons. The van der Waals surface area contributed by atoms with Crippen LogP contribution in [0, 0.1) is 19.3 Å². The van der Waals surface area contributed by atoms with Crippen LogP contribution in [0.3, 0.4) is 0 Å². The number of carbonyl (C=O) groups is 4. The second-order valence-electron chi connectivity index (χ2n) is 21.4. The molecule has 1 saturated carbocycles. The number of aryl methyl sites for hydroxylation is 2. The first-order valence-corrected chi connectivity index (χ1v) is 27.1. The zero-order chi connectivity index (χ0) is 52.0. The molecule has 390 valence electrons. The second kappa shape index (κ2) is 23.4. The van der Waals surface area contributed by atoms with Crippen molar-refractivity contribution in [1.29, 1.82) is 0 Å². The molecule has 17 nitrogen and oxygen atoms in total. The predicted molar refractivity (Wildman–Crippen MR) is 286 cm³/mol. The number of amides is 3. The van der Waals surface area contributed by atoms with Gasteiger partial charge in [-0.3, -0.25) is 33.4 Å². The molecule has 3 fully saturated rings. The van der Waals surface area contributed by atoms with Crippen LogP contribution in [-0.4, -0.2) is 120 Å². The van der Waals surface area contributed by atoms with Crippen molar-refractivity contribution in [3.05, 3.63) is 87.0 Å². The average molecular weight is 1020 g/mol. The molecule has 4 N–H and O–H groups in total. The Bertz CT molecular complexity index is 2810. The van der Waals surface area contributed by atoms with Gasteiger partial charge >= 0.3 is 0 Å². The largest absolute Gasteiger partial charge is 0.391 e. The van der Waals surface area contributed by atoms with Gasteiger partial charge < -0.3 is 30.9 Å². The molecule has 4 aromatic heterocycles. The number of likely N-dealkylation sites (tertiary alicyclic amines) is 1. The molecule has 1 aromatic carbocycles. The molecule has 3 aliphatic rings. The average Bonchev–Trinajstić information content (AvgIpc) is 4.15. The van der Waals surface area contributed by atoms with Crippen molar-refractivity contribution in [1.82, 2.24) is 44.9 Å². The number of thiazole rings is 1. The van der Waals surface area contributed by atoms with Gasteiger partial charge in [0.1, 0.15) is 23.5 Å². The van der Waals surface area contributed by atoms with E-state index in [4.69, 9.17) is 4.98 Å². The van der Waals surface area contributed by atoms with Crippen LogP contribution in [0.15, 0.2) is 59.1 Å². The second-order valence-corrected chi connectivity index (χ2v) is 22.2. The maximum Gasteiger partial charge on any atom is 0.263 e. The van der Waals surface area contributed by atoms with Gasteiger partial charge in [0.2, 0.25) is 23.7 Å². The van der Waals surface area contributed by atoms with Gasteiger partial charge in [-0.2, -0.15) is 4.98 Å². The van der Waals surface area contributed by atoms with E-state index in [2.05, 4.69) is 46.8 Å². The van der Waals surface area contributed by atoms with Gasteiger partial charge in [-0.1, -0.05) is 77.1 Å². The van der Waals surface area contributed by atoms with Crippen molar-refractivity contribution >= 4 is 63.3 Å². The number of benzene rings is 1. The molecule has 73 heavy (non-hydrogen) atoms. The zero-order valence-electron chi connectivity index (χ0n) is 43.6. The SMILES string of the molecule is CC(=O)c1c(C)c2cnc(Nc3ccc(N4CCN(CCCCCCCC(=O)NC(C(=O)N5CC(O)CC5C(=O)NC(C)c5ccc(-c6scnc6C)cc5)C(C)(C)C)CC4)cn3)nc2n(C2CCCC2)c1=O. The number of β-amino-alcohol motifs (C(OH)–C–C–N with tert-alkyl or cyclic N) is 1. The first kappa shape index (κ1) is 53.2. The minimum Gasteiger partial charge on any atom is -0.391 e. The number of Topliss-reactive ketones (excluding diaryl/α,β-unsaturated/α-hetero) is 1. The Labute approximate surface area is 432 Å². The fourth-order valence-electron chi connectivity index (χ4n) is 10.7. The Balaban J connectivity index is 0.738. The molecule has 5 aromatic rings. The molecule has 1 aliphatic carbocycles. The highest BCUT2D eigenvalue weighted by Gasteiger charge is 2.44. The van der Waals surface area contributed by atoms with Crippen LogP contribution in [-0.2, 0) is 14.4 Å². The van der Waals surface area contributed by atoms with Gasteiger partial charge in [-0.25, -0.2) is 15.0 Å². The van der Waals surface area contributed by atoms with Crippen LogP contribution in [0.4, 0.5) is 17.5 Å². The van der Waals surface area contributed by atoms with Gasteiger partial charge in [0, 0.05) is 63.2 Å². The van der Waals surface area contributed by atoms with Crippen molar-refractivity contribution in [3.63, 3.8) is 0 Å². The highest BCUT2D eigenvalue weighted by Crippen LogP contribution is 2.33. The van der Waals surface area contributed by atoms with E-state index in [-0.39, 0.29) is 59.7 Å². The summed E-state index contributed by atoms with van der Waals surface area (Å²) in [5.41, 5.74) is 6.30. The quantitative estimate of drug-likeness (QED) is 0.0460. The van der Waals surface area contributed by atoms with Crippen LogP contribution in [0.1, 0.15) is 145 Å². The first-order valence-electron chi connectivity index (χ1n) is 26.2. The molecule has 2 saturated heterocycles. The molecule has 3 amide bonds. The highest BCUT2D eigenvalue weighted by atomic mass is 32.1. The summed E-state index contributed by atoms with van der Waals surface area (Å²) in [6, 6.07) is 9.95. The Hall–Kier alpha value is -6.11. The van der Waals surface area contributed by atoms with Gasteiger partial charge in [0.05, 0.1) is 45.7 Å². The molecule has 8 rings (SSSR count). The van der Waals surface area contributed by atoms with Crippen LogP contribution < -0.4 is 26.4 Å². The lowest BCUT2D eigenvalue weighted by molar-refractivity contribution is -0.144. The molecular weight excluding hydrogens is 943 g/mol. The van der Waals surface area contributed by atoms with E-state index in [1.807, 2.05) is 76.7 Å². The lowest BCUT2D eigenvalue weighted by atomic mass is 9.85. The summed E-state index contributed by atoms with van der Waals surface area (Å²) in [6.07, 6.45) is 11.8. The molecule has 2 aliphatic heterocycles. The molecule has 4 atom stereocenters. The third-order valence-corrected chi connectivity index (χ3v) is 15.9. The molecular formula is C55H73N11O6S. The summed E-state index contributed by atoms with van der Waals surface area (Å²) in [4.78, 5) is 93.0. The number of ketones is 1. The standard InChI is InChI=1S/C55H73N11O6S/c1-34-43-31-57-54(62-50(43)66(40-15-12-13-16-40)52(71)47(34)37(4)67)60-45-23-22-41(30-56-45)64-27-25-63(26-28-64)24-14-10-8-9-11-17-46(69)61-49(55(5,6)7)53(72)65-32-42(68)29-44(65)51(70)59-35(2)38-18-20-39(21-19-38)48-36(3)58-33-73-48/h18-23,30-31,33,35,40,42,44,49,68H,8-17,24-29,32H2,1-7H3,(H,59,70)(H,61,69)(H,56,57,60,62). The zero-order valence-corrected chi connectivity index (χ0v) is 44.4. The van der Waals surface area contributed by atoms with E-state index < -0.39 is 23.6 Å². The van der Waals surface area contributed by atoms with Crippen LogP contribution >= 0.6 is 11.3 Å². The van der Waals surface area contributed by atoms with E-state index in [1.54, 1.807) is 29.0 Å². The molecule has 6 heterocycles. The van der Waals surface area contributed by atoms with E-state index >= 15 is 0 Å². The number of anilines is 3. The number of fused-ring (bicyclic) bond motifs is 1. The smallest absolute Gasteiger partial charge is 0.263 e. The van der Waals surface area contributed by atoms with Crippen LogP contribution in [0.25, 0.3) is 21.5 Å². The topological polar surface area (TPSA) is 208 Å². The Morgan fingerprint density at radius 3 is 2.25 bits per heavy atom. The minimum absolute atomic E-state index is 0.00458. The number of unbranched alkanes of at least 4 members (excludes halogenated alkanes) is 4. The molecule has 4 unspecified atom stereocenters. The van der Waals surface area contributed by atoms with Gasteiger partial charge in [-0.15, -0.1) is 11.3 Å². The van der Waals surface area contributed by atoms with Gasteiger partial charge in [-0.05, 0) is 94.2 Å². The minimum atomic E-state index is -0.857. The first-order chi connectivity index (χ1) is 35.0. The highest BCUT2D eigenvalue weighted by molar-refractivity contribution is 7.13. The summed E-state index contributed by atoms with van der Waals surface area (Å²) in [7, 11) is 0. The Morgan fingerprint density at radius 2 is 1.59 bits per heavy atom. The van der Waals surface area contributed by atoms with Gasteiger partial charge in [0.15, 0.2) is 5.78 Å². The van der Waals surface area contributed by atoms with E-state index in [1.165, 1.54) is 11.8 Å². The number of rotatable bonds is 19. The number of nitrogens with zero attached hydrogens (tertiary/aromatic N) is 8. The molecule has 0 bridgehead atoms. The number of aliphatic hydroxyl groups is 1. The fraction of sp³-hybridized carbons (Fsp3) is 0.545. The number of hydrogen-bond acceptors (Lipinski definition) is 14. The number of piperazine rings is 1. The summed E-state index contributed by atoms with van der Waals surface area (Å²) >= 11 is 1.59. The third kappa shape index (κ3) is 12.6. The lowest BCUT2D eigenvalue weighted by Crippen LogP contribution is -2.57. The number of aromatic nitrogens is 5. The molecule has 18 heteroatoms. The Kier molecular flexibility index (Phi) is 17.0. The van der Waals surface area contributed by atoms with Crippen molar-refractivity contribution < 1.29 is 24.3 Å². The van der Waals surface area contributed by atoms with Crippen LogP contribution in [0.2, 0.25) is 0 Å². The molecule has 0 spiro atoms.